The fraction of sp³-hybridized carbons (Fsp3) is 0.867. The zero-order chi connectivity index (χ0) is 14.8. The fourth-order valence-corrected chi connectivity index (χ4v) is 3.25. The van der Waals surface area contributed by atoms with Crippen molar-refractivity contribution in [2.24, 2.45) is 11.3 Å². The summed E-state index contributed by atoms with van der Waals surface area (Å²) in [6.45, 7) is 5.57. The summed E-state index contributed by atoms with van der Waals surface area (Å²) < 4.78 is 5.52. The van der Waals surface area contributed by atoms with E-state index in [1.807, 2.05) is 13.8 Å². The molecule has 0 spiro atoms. The Morgan fingerprint density at radius 3 is 2.70 bits per heavy atom. The molecule has 5 nitrogen and oxygen atoms in total. The van der Waals surface area contributed by atoms with Gasteiger partial charge in [0, 0.05) is 26.1 Å². The Labute approximate surface area is 120 Å². The van der Waals surface area contributed by atoms with Gasteiger partial charge >= 0.3 is 5.97 Å². The number of carboxylic acid groups (broad SMARTS) is 1. The smallest absolute Gasteiger partial charge is 0.311 e. The van der Waals surface area contributed by atoms with Crippen LogP contribution in [0, 0.1) is 11.3 Å². The molecule has 0 aromatic heterocycles. The van der Waals surface area contributed by atoms with E-state index in [1.165, 1.54) is 0 Å². The molecule has 0 bridgehead atoms. The van der Waals surface area contributed by atoms with Gasteiger partial charge in [-0.1, -0.05) is 13.8 Å². The van der Waals surface area contributed by atoms with Gasteiger partial charge in [-0.2, -0.15) is 0 Å². The number of nitrogens with zero attached hydrogens (tertiary/aromatic N) is 1. The third-order valence-corrected chi connectivity index (χ3v) is 4.89. The molecular weight excluding hydrogens is 258 g/mol. The van der Waals surface area contributed by atoms with Gasteiger partial charge in [0.25, 0.3) is 0 Å². The van der Waals surface area contributed by atoms with Crippen LogP contribution in [-0.2, 0) is 14.3 Å². The van der Waals surface area contributed by atoms with Gasteiger partial charge in [-0.25, -0.2) is 0 Å². The van der Waals surface area contributed by atoms with E-state index in [-0.39, 0.29) is 17.9 Å². The maximum Gasteiger partial charge on any atom is 0.311 e. The fourth-order valence-electron chi connectivity index (χ4n) is 3.25. The molecule has 0 aromatic rings. The zero-order valence-electron chi connectivity index (χ0n) is 12.4. The lowest BCUT2D eigenvalue weighted by molar-refractivity contribution is -0.151. The van der Waals surface area contributed by atoms with Crippen molar-refractivity contribution in [3.05, 3.63) is 0 Å². The number of ether oxygens (including phenoxy) is 1. The van der Waals surface area contributed by atoms with Gasteiger partial charge in [0.05, 0.1) is 11.5 Å². The van der Waals surface area contributed by atoms with E-state index in [2.05, 4.69) is 0 Å². The molecule has 2 aliphatic rings. The maximum absolute atomic E-state index is 12.2. The third kappa shape index (κ3) is 2.97. The molecule has 2 saturated heterocycles. The van der Waals surface area contributed by atoms with Gasteiger partial charge in [-0.3, -0.25) is 9.59 Å². The summed E-state index contributed by atoms with van der Waals surface area (Å²) in [5.41, 5.74) is -0.764. The van der Waals surface area contributed by atoms with E-state index < -0.39 is 11.4 Å². The lowest BCUT2D eigenvalue weighted by atomic mass is 9.76. The Bertz CT molecular complexity index is 376. The van der Waals surface area contributed by atoms with Crippen LogP contribution < -0.4 is 0 Å². The quantitative estimate of drug-likeness (QED) is 0.837. The zero-order valence-corrected chi connectivity index (χ0v) is 12.4. The summed E-state index contributed by atoms with van der Waals surface area (Å²) in [4.78, 5) is 25.5. The third-order valence-electron chi connectivity index (χ3n) is 4.89. The number of rotatable bonds is 5. The predicted octanol–water partition coefficient (Wildman–Crippen LogP) is 1.90. The standard InChI is InChI=1S/C15H25NO4/c1-11(2)15(14(18)19)7-8-16(10-15)13(17)6-5-12-4-3-9-20-12/h11-12H,3-10H2,1-2H3,(H,18,19). The van der Waals surface area contributed by atoms with E-state index in [0.29, 0.717) is 25.9 Å². The highest BCUT2D eigenvalue weighted by Gasteiger charge is 2.48. The molecular formula is C15H25NO4. The normalized spacial score (nSPS) is 30.1. The number of aliphatic carboxylic acids is 1. The van der Waals surface area contributed by atoms with Crippen molar-refractivity contribution in [1.82, 2.24) is 4.90 Å². The Hall–Kier alpha value is -1.10. The Balaban J connectivity index is 1.87. The van der Waals surface area contributed by atoms with Crippen molar-refractivity contribution >= 4 is 11.9 Å². The first-order valence-electron chi connectivity index (χ1n) is 7.58. The minimum Gasteiger partial charge on any atom is -0.481 e. The van der Waals surface area contributed by atoms with E-state index in [9.17, 15) is 14.7 Å². The molecule has 2 aliphatic heterocycles. The molecule has 1 amide bonds. The highest BCUT2D eigenvalue weighted by atomic mass is 16.5. The number of carbonyl (C=O) groups is 2. The van der Waals surface area contributed by atoms with Crippen molar-refractivity contribution in [3.8, 4) is 0 Å². The molecule has 114 valence electrons. The van der Waals surface area contributed by atoms with Crippen molar-refractivity contribution in [1.29, 1.82) is 0 Å². The average Bonchev–Trinajstić information content (AvgIpc) is 3.05. The second-order valence-electron chi connectivity index (χ2n) is 6.35. The molecule has 5 heteroatoms. The number of amides is 1. The van der Waals surface area contributed by atoms with Crippen molar-refractivity contribution in [2.45, 2.75) is 52.1 Å². The largest absolute Gasteiger partial charge is 0.481 e. The van der Waals surface area contributed by atoms with E-state index in [1.54, 1.807) is 4.90 Å². The first-order chi connectivity index (χ1) is 9.45. The molecule has 2 heterocycles. The Morgan fingerprint density at radius 1 is 1.45 bits per heavy atom. The summed E-state index contributed by atoms with van der Waals surface area (Å²) in [5, 5.41) is 9.48. The van der Waals surface area contributed by atoms with E-state index >= 15 is 0 Å². The summed E-state index contributed by atoms with van der Waals surface area (Å²) in [6.07, 6.45) is 4.13. The summed E-state index contributed by atoms with van der Waals surface area (Å²) in [7, 11) is 0. The lowest BCUT2D eigenvalue weighted by Gasteiger charge is -2.28. The van der Waals surface area contributed by atoms with Crippen LogP contribution in [0.1, 0.15) is 46.0 Å². The molecule has 2 atom stereocenters. The van der Waals surface area contributed by atoms with Gasteiger partial charge in [-0.05, 0) is 31.6 Å². The van der Waals surface area contributed by atoms with Gasteiger partial charge in [0.2, 0.25) is 5.91 Å². The SMILES string of the molecule is CC(C)C1(C(=O)O)CCN(C(=O)CCC2CCCO2)C1. The number of likely N-dealkylation sites (tertiary alicyclic amines) is 1. The number of carboxylic acids is 1. The molecule has 2 unspecified atom stereocenters. The highest BCUT2D eigenvalue weighted by molar-refractivity contribution is 5.80. The monoisotopic (exact) mass is 283 g/mol. The van der Waals surface area contributed by atoms with Crippen LogP contribution in [0.15, 0.2) is 0 Å². The van der Waals surface area contributed by atoms with Crippen molar-refractivity contribution < 1.29 is 19.4 Å². The van der Waals surface area contributed by atoms with Crippen LogP contribution in [0.2, 0.25) is 0 Å². The minimum atomic E-state index is -0.776. The summed E-state index contributed by atoms with van der Waals surface area (Å²) in [5.74, 6) is -0.665. The predicted molar refractivity (Wildman–Crippen MR) is 74.3 cm³/mol. The van der Waals surface area contributed by atoms with Crippen molar-refractivity contribution in [3.63, 3.8) is 0 Å². The Kier molecular flexibility index (Phi) is 4.68. The molecule has 2 fully saturated rings. The first kappa shape index (κ1) is 15.3. The van der Waals surface area contributed by atoms with E-state index in [0.717, 1.165) is 25.9 Å². The molecule has 0 saturated carbocycles. The van der Waals surface area contributed by atoms with E-state index in [4.69, 9.17) is 4.74 Å². The maximum atomic E-state index is 12.2. The van der Waals surface area contributed by atoms with Crippen LogP contribution >= 0.6 is 0 Å². The molecule has 2 rings (SSSR count). The molecule has 20 heavy (non-hydrogen) atoms. The number of hydrogen-bond acceptors (Lipinski definition) is 3. The topological polar surface area (TPSA) is 66.8 Å². The highest BCUT2D eigenvalue weighted by Crippen LogP contribution is 2.38. The second-order valence-corrected chi connectivity index (χ2v) is 6.35. The second kappa shape index (κ2) is 6.12. The summed E-state index contributed by atoms with van der Waals surface area (Å²) >= 11 is 0. The Morgan fingerprint density at radius 2 is 2.20 bits per heavy atom. The lowest BCUT2D eigenvalue weighted by Crippen LogP contribution is -2.40. The van der Waals surface area contributed by atoms with Gasteiger partial charge in [0.1, 0.15) is 0 Å². The summed E-state index contributed by atoms with van der Waals surface area (Å²) in [6, 6.07) is 0. The van der Waals surface area contributed by atoms with Crippen LogP contribution in [0.4, 0.5) is 0 Å². The number of carbonyl (C=O) groups excluding carboxylic acids is 1. The first-order valence-corrected chi connectivity index (χ1v) is 7.58. The number of hydrogen-bond donors (Lipinski definition) is 1. The van der Waals surface area contributed by atoms with Crippen LogP contribution in [0.25, 0.3) is 0 Å². The van der Waals surface area contributed by atoms with Crippen LogP contribution in [0.5, 0.6) is 0 Å². The molecule has 1 N–H and O–H groups in total. The van der Waals surface area contributed by atoms with Gasteiger partial charge < -0.3 is 14.7 Å². The van der Waals surface area contributed by atoms with Crippen LogP contribution in [-0.4, -0.2) is 47.7 Å². The minimum absolute atomic E-state index is 0.0379. The van der Waals surface area contributed by atoms with Gasteiger partial charge in [0.15, 0.2) is 0 Å². The van der Waals surface area contributed by atoms with Gasteiger partial charge in [-0.15, -0.1) is 0 Å². The van der Waals surface area contributed by atoms with Crippen molar-refractivity contribution in [2.75, 3.05) is 19.7 Å². The molecule has 0 radical (unpaired) electrons. The average molecular weight is 283 g/mol. The molecule has 0 aliphatic carbocycles. The molecule has 0 aromatic carbocycles. The van der Waals surface area contributed by atoms with Crippen LogP contribution in [0.3, 0.4) is 0 Å².